The third-order valence-electron chi connectivity index (χ3n) is 4.87. The van der Waals surface area contributed by atoms with Gasteiger partial charge in [0.15, 0.2) is 0 Å². The second kappa shape index (κ2) is 6.49. The average Bonchev–Trinajstić information content (AvgIpc) is 2.83. The maximum absolute atomic E-state index is 12.9. The number of piperidine rings is 1. The first kappa shape index (κ1) is 16.3. The van der Waals surface area contributed by atoms with Crippen molar-refractivity contribution in [3.05, 3.63) is 34.9 Å². The number of aliphatic hydroxyl groups is 1. The Morgan fingerprint density at radius 2 is 2.00 bits per heavy atom. The van der Waals surface area contributed by atoms with Gasteiger partial charge in [0.2, 0.25) is 11.8 Å². The molecule has 1 aromatic rings. The van der Waals surface area contributed by atoms with E-state index in [1.165, 1.54) is 0 Å². The van der Waals surface area contributed by atoms with Crippen LogP contribution in [0.25, 0.3) is 0 Å². The summed E-state index contributed by atoms with van der Waals surface area (Å²) in [5, 5.41) is 10.2. The molecule has 2 aliphatic heterocycles. The summed E-state index contributed by atoms with van der Waals surface area (Å²) < 4.78 is 0. The Bertz CT molecular complexity index is 614. The lowest BCUT2D eigenvalue weighted by Crippen LogP contribution is -2.44. The fourth-order valence-electron chi connectivity index (χ4n) is 3.56. The van der Waals surface area contributed by atoms with Crippen LogP contribution in [0.2, 0.25) is 5.02 Å². The molecule has 2 unspecified atom stereocenters. The van der Waals surface area contributed by atoms with Crippen LogP contribution in [0.1, 0.15) is 30.9 Å². The summed E-state index contributed by atoms with van der Waals surface area (Å²) in [6.45, 7) is 1.10. The van der Waals surface area contributed by atoms with Crippen LogP contribution in [0.5, 0.6) is 0 Å². The second-order valence-electron chi connectivity index (χ2n) is 6.37. The molecular formula is C17H21ClN2O3. The molecule has 0 bridgehead atoms. The van der Waals surface area contributed by atoms with Gasteiger partial charge in [0.25, 0.3) is 0 Å². The zero-order valence-electron chi connectivity index (χ0n) is 13.1. The Labute approximate surface area is 140 Å². The van der Waals surface area contributed by atoms with Crippen LogP contribution < -0.4 is 0 Å². The van der Waals surface area contributed by atoms with Crippen molar-refractivity contribution in [2.45, 2.75) is 31.4 Å². The predicted octanol–water partition coefficient (Wildman–Crippen LogP) is 1.84. The first-order valence-electron chi connectivity index (χ1n) is 7.95. The van der Waals surface area contributed by atoms with Crippen LogP contribution in [0.15, 0.2) is 24.3 Å². The number of aliphatic hydroxyl groups excluding tert-OH is 1. The van der Waals surface area contributed by atoms with Gasteiger partial charge in [0.05, 0.1) is 18.1 Å². The summed E-state index contributed by atoms with van der Waals surface area (Å²) in [5.41, 5.74) is 0.890. The molecule has 1 N–H and O–H groups in total. The lowest BCUT2D eigenvalue weighted by molar-refractivity contribution is -0.138. The molecule has 3 rings (SSSR count). The van der Waals surface area contributed by atoms with Crippen molar-refractivity contribution in [3.8, 4) is 0 Å². The zero-order chi connectivity index (χ0) is 16.6. The first-order valence-corrected chi connectivity index (χ1v) is 8.33. The first-order chi connectivity index (χ1) is 11.0. The number of nitrogens with zero attached hydrogens (tertiary/aromatic N) is 2. The topological polar surface area (TPSA) is 60.9 Å². The lowest BCUT2D eigenvalue weighted by atomic mass is 9.91. The highest BCUT2D eigenvalue weighted by molar-refractivity contribution is 6.30. The monoisotopic (exact) mass is 336 g/mol. The maximum Gasteiger partial charge on any atom is 0.228 e. The molecule has 2 fully saturated rings. The van der Waals surface area contributed by atoms with Gasteiger partial charge in [-0.1, -0.05) is 23.7 Å². The minimum absolute atomic E-state index is 0.000393. The Kier molecular flexibility index (Phi) is 4.60. The van der Waals surface area contributed by atoms with Gasteiger partial charge in [-0.05, 0) is 30.5 Å². The van der Waals surface area contributed by atoms with Crippen LogP contribution in [-0.2, 0) is 9.59 Å². The van der Waals surface area contributed by atoms with Crippen molar-refractivity contribution in [1.82, 2.24) is 9.80 Å². The molecule has 6 heteroatoms. The fraction of sp³-hybridized carbons (Fsp3) is 0.529. The third kappa shape index (κ3) is 3.21. The Morgan fingerprint density at radius 1 is 1.30 bits per heavy atom. The smallest absolute Gasteiger partial charge is 0.228 e. The quantitative estimate of drug-likeness (QED) is 0.896. The van der Waals surface area contributed by atoms with Crippen molar-refractivity contribution in [1.29, 1.82) is 0 Å². The SMILES string of the molecule is CN1C(=O)CC(C(=O)N2CCC(O)CC2)C1c1cccc(Cl)c1. The molecule has 0 saturated carbocycles. The van der Waals surface area contributed by atoms with Crippen molar-refractivity contribution < 1.29 is 14.7 Å². The second-order valence-corrected chi connectivity index (χ2v) is 6.81. The van der Waals surface area contributed by atoms with E-state index < -0.39 is 0 Å². The van der Waals surface area contributed by atoms with E-state index in [9.17, 15) is 14.7 Å². The highest BCUT2D eigenvalue weighted by Crippen LogP contribution is 2.39. The van der Waals surface area contributed by atoms with E-state index in [1.807, 2.05) is 18.2 Å². The van der Waals surface area contributed by atoms with Crippen molar-refractivity contribution in [2.75, 3.05) is 20.1 Å². The predicted molar refractivity (Wildman–Crippen MR) is 86.9 cm³/mol. The molecule has 0 aliphatic carbocycles. The molecular weight excluding hydrogens is 316 g/mol. The molecule has 2 heterocycles. The Balaban J connectivity index is 1.84. The molecule has 5 nitrogen and oxygen atoms in total. The van der Waals surface area contributed by atoms with E-state index in [4.69, 9.17) is 11.6 Å². The number of carbonyl (C=O) groups excluding carboxylic acids is 2. The van der Waals surface area contributed by atoms with Gasteiger partial charge in [0.1, 0.15) is 0 Å². The maximum atomic E-state index is 12.9. The molecule has 2 saturated heterocycles. The zero-order valence-corrected chi connectivity index (χ0v) is 13.9. The highest BCUT2D eigenvalue weighted by atomic mass is 35.5. The molecule has 0 spiro atoms. The highest BCUT2D eigenvalue weighted by Gasteiger charge is 2.44. The normalized spacial score (nSPS) is 26.0. The number of amides is 2. The van der Waals surface area contributed by atoms with Crippen molar-refractivity contribution >= 4 is 23.4 Å². The van der Waals surface area contributed by atoms with E-state index in [-0.39, 0.29) is 36.3 Å². The number of benzene rings is 1. The van der Waals surface area contributed by atoms with E-state index >= 15 is 0 Å². The number of likely N-dealkylation sites (tertiary alicyclic amines) is 2. The summed E-state index contributed by atoms with van der Waals surface area (Å²) in [6, 6.07) is 7.08. The van der Waals surface area contributed by atoms with E-state index in [2.05, 4.69) is 0 Å². The number of hydrogen-bond donors (Lipinski definition) is 1. The molecule has 1 aromatic carbocycles. The number of carbonyl (C=O) groups is 2. The largest absolute Gasteiger partial charge is 0.393 e. The van der Waals surface area contributed by atoms with Gasteiger partial charge in [-0.2, -0.15) is 0 Å². The number of rotatable bonds is 2. The van der Waals surface area contributed by atoms with Gasteiger partial charge >= 0.3 is 0 Å². The summed E-state index contributed by atoms with van der Waals surface area (Å²) in [5.74, 6) is -0.411. The van der Waals surface area contributed by atoms with Gasteiger partial charge < -0.3 is 14.9 Å². The molecule has 2 atom stereocenters. The third-order valence-corrected chi connectivity index (χ3v) is 5.10. The Hall–Kier alpha value is -1.59. The van der Waals surface area contributed by atoms with Crippen LogP contribution in [0, 0.1) is 5.92 Å². The summed E-state index contributed by atoms with van der Waals surface area (Å²) >= 11 is 6.07. The van der Waals surface area contributed by atoms with Crippen molar-refractivity contribution in [2.24, 2.45) is 5.92 Å². The van der Waals surface area contributed by atoms with Crippen LogP contribution in [0.4, 0.5) is 0 Å². The van der Waals surface area contributed by atoms with Crippen LogP contribution in [0.3, 0.4) is 0 Å². The van der Waals surface area contributed by atoms with E-state index in [0.29, 0.717) is 31.0 Å². The lowest BCUT2D eigenvalue weighted by Gasteiger charge is -2.33. The summed E-state index contributed by atoms with van der Waals surface area (Å²) in [6.07, 6.45) is 1.11. The van der Waals surface area contributed by atoms with Crippen LogP contribution in [-0.4, -0.2) is 53.0 Å². The molecule has 2 amide bonds. The Morgan fingerprint density at radius 3 is 2.65 bits per heavy atom. The summed E-state index contributed by atoms with van der Waals surface area (Å²) in [4.78, 5) is 28.5. The van der Waals surface area contributed by atoms with E-state index in [0.717, 1.165) is 5.56 Å². The number of halogens is 1. The molecule has 0 aromatic heterocycles. The molecule has 2 aliphatic rings. The van der Waals surface area contributed by atoms with E-state index in [1.54, 1.807) is 22.9 Å². The fourth-order valence-corrected chi connectivity index (χ4v) is 3.76. The van der Waals surface area contributed by atoms with Gasteiger partial charge in [-0.25, -0.2) is 0 Å². The minimum Gasteiger partial charge on any atom is -0.393 e. The molecule has 124 valence electrons. The van der Waals surface area contributed by atoms with Gasteiger partial charge in [-0.3, -0.25) is 9.59 Å². The van der Waals surface area contributed by atoms with Crippen LogP contribution >= 0.6 is 11.6 Å². The van der Waals surface area contributed by atoms with Gasteiger partial charge in [0, 0.05) is 31.6 Å². The van der Waals surface area contributed by atoms with Crippen molar-refractivity contribution in [3.63, 3.8) is 0 Å². The molecule has 23 heavy (non-hydrogen) atoms. The number of hydrogen-bond acceptors (Lipinski definition) is 3. The minimum atomic E-state index is -0.388. The average molecular weight is 337 g/mol. The van der Waals surface area contributed by atoms with Gasteiger partial charge in [-0.15, -0.1) is 0 Å². The standard InChI is InChI=1S/C17H21ClN2O3/c1-19-15(22)10-14(16(19)11-3-2-4-12(18)9-11)17(23)20-7-5-13(21)6-8-20/h2-4,9,13-14,16,21H,5-8,10H2,1H3. The summed E-state index contributed by atoms with van der Waals surface area (Å²) in [7, 11) is 1.74. The molecule has 0 radical (unpaired) electrons.